The Hall–Kier alpha value is -1.81. The molecule has 1 aromatic heterocycles. The molecule has 1 fully saturated rings. The molecular weight excluding hydrogens is 294 g/mol. The van der Waals surface area contributed by atoms with Crippen molar-refractivity contribution < 1.29 is 9.53 Å². The quantitative estimate of drug-likeness (QED) is 0.790. The van der Waals surface area contributed by atoms with Crippen LogP contribution in [-0.2, 0) is 6.61 Å². The van der Waals surface area contributed by atoms with Crippen LogP contribution in [0.25, 0.3) is 10.4 Å². The van der Waals surface area contributed by atoms with Crippen molar-refractivity contribution in [3.63, 3.8) is 0 Å². The van der Waals surface area contributed by atoms with Crippen LogP contribution in [0.2, 0.25) is 0 Å². The zero-order valence-electron chi connectivity index (χ0n) is 12.7. The smallest absolute Gasteiger partial charge is 0.263 e. The maximum absolute atomic E-state index is 12.8. The minimum absolute atomic E-state index is 0.184. The minimum atomic E-state index is 0.184. The van der Waals surface area contributed by atoms with Crippen molar-refractivity contribution in [2.45, 2.75) is 26.4 Å². The lowest BCUT2D eigenvalue weighted by molar-refractivity contribution is 0.0688. The second kappa shape index (κ2) is 5.43. The first-order chi connectivity index (χ1) is 10.7. The Labute approximate surface area is 134 Å². The van der Waals surface area contributed by atoms with Crippen LogP contribution in [-0.4, -0.2) is 23.9 Å². The Morgan fingerprint density at radius 2 is 2.23 bits per heavy atom. The molecule has 0 aliphatic carbocycles. The van der Waals surface area contributed by atoms with Crippen LogP contribution in [0.4, 0.5) is 0 Å². The molecule has 0 unspecified atom stereocenters. The van der Waals surface area contributed by atoms with Crippen molar-refractivity contribution in [2.24, 2.45) is 5.92 Å². The lowest BCUT2D eigenvalue weighted by Crippen LogP contribution is -2.38. The molecule has 0 radical (unpaired) electrons. The van der Waals surface area contributed by atoms with Crippen molar-refractivity contribution in [3.05, 3.63) is 40.8 Å². The molecule has 0 saturated carbocycles. The van der Waals surface area contributed by atoms with Gasteiger partial charge in [-0.25, -0.2) is 0 Å². The standard InChI is InChI=1S/C18H19NO2S/c1-12-5-4-8-19(10-12)18(20)16-9-13-11-21-15-7-3-2-6-14(15)17(13)22-16/h2-3,6-7,9,12H,4-5,8,10-11H2,1H3/t12-/m1/s1. The van der Waals surface area contributed by atoms with Crippen LogP contribution in [0.1, 0.15) is 35.0 Å². The number of para-hydroxylation sites is 1. The van der Waals surface area contributed by atoms with E-state index < -0.39 is 0 Å². The van der Waals surface area contributed by atoms with Crippen LogP contribution in [0.15, 0.2) is 30.3 Å². The highest BCUT2D eigenvalue weighted by atomic mass is 32.1. The summed E-state index contributed by atoms with van der Waals surface area (Å²) in [6.07, 6.45) is 2.34. The van der Waals surface area contributed by atoms with Gasteiger partial charge in [0, 0.05) is 29.1 Å². The SMILES string of the molecule is C[C@@H]1CCCN(C(=O)c2cc3c(s2)-c2ccccc2OC3)C1. The predicted octanol–water partition coefficient (Wildman–Crippen LogP) is 4.18. The van der Waals surface area contributed by atoms with Gasteiger partial charge in [0.2, 0.25) is 0 Å². The highest BCUT2D eigenvalue weighted by Gasteiger charge is 2.26. The van der Waals surface area contributed by atoms with E-state index in [4.69, 9.17) is 4.74 Å². The molecule has 3 heterocycles. The Morgan fingerprint density at radius 1 is 1.36 bits per heavy atom. The molecule has 1 amide bonds. The molecule has 1 saturated heterocycles. The van der Waals surface area contributed by atoms with Crippen LogP contribution in [0.3, 0.4) is 0 Å². The molecular formula is C18H19NO2S. The van der Waals surface area contributed by atoms with E-state index in [-0.39, 0.29) is 5.91 Å². The van der Waals surface area contributed by atoms with Gasteiger partial charge in [-0.3, -0.25) is 4.79 Å². The molecule has 1 atom stereocenters. The van der Waals surface area contributed by atoms with Gasteiger partial charge in [0.05, 0.1) is 4.88 Å². The monoisotopic (exact) mass is 313 g/mol. The molecule has 2 aliphatic heterocycles. The molecule has 4 heteroatoms. The van der Waals surface area contributed by atoms with Crippen molar-refractivity contribution >= 4 is 17.2 Å². The zero-order chi connectivity index (χ0) is 15.1. The fourth-order valence-corrected chi connectivity index (χ4v) is 4.50. The molecule has 2 aliphatic rings. The van der Waals surface area contributed by atoms with E-state index in [1.165, 1.54) is 11.3 Å². The summed E-state index contributed by atoms with van der Waals surface area (Å²) >= 11 is 1.61. The third-order valence-corrected chi connectivity index (χ3v) is 5.68. The number of benzene rings is 1. The van der Waals surface area contributed by atoms with Gasteiger partial charge in [0.15, 0.2) is 0 Å². The maximum atomic E-state index is 12.8. The van der Waals surface area contributed by atoms with Gasteiger partial charge in [-0.2, -0.15) is 0 Å². The molecule has 0 spiro atoms. The summed E-state index contributed by atoms with van der Waals surface area (Å²) in [5.74, 6) is 1.71. The van der Waals surface area contributed by atoms with E-state index in [0.29, 0.717) is 12.5 Å². The van der Waals surface area contributed by atoms with Gasteiger partial charge in [-0.05, 0) is 37.0 Å². The second-order valence-electron chi connectivity index (χ2n) is 6.25. The average Bonchev–Trinajstić information content (AvgIpc) is 2.99. The molecule has 2 aromatic rings. The number of thiophene rings is 1. The Bertz CT molecular complexity index is 722. The number of carbonyl (C=O) groups is 1. The molecule has 0 bridgehead atoms. The van der Waals surface area contributed by atoms with E-state index in [9.17, 15) is 4.79 Å². The van der Waals surface area contributed by atoms with Crippen molar-refractivity contribution in [3.8, 4) is 16.2 Å². The number of hydrogen-bond acceptors (Lipinski definition) is 3. The second-order valence-corrected chi connectivity index (χ2v) is 7.30. The minimum Gasteiger partial charge on any atom is -0.488 e. The van der Waals surface area contributed by atoms with E-state index >= 15 is 0 Å². The van der Waals surface area contributed by atoms with E-state index in [0.717, 1.165) is 41.3 Å². The van der Waals surface area contributed by atoms with Gasteiger partial charge in [-0.15, -0.1) is 11.3 Å². The lowest BCUT2D eigenvalue weighted by Gasteiger charge is -2.30. The molecule has 3 nitrogen and oxygen atoms in total. The van der Waals surface area contributed by atoms with Crippen LogP contribution in [0, 0.1) is 5.92 Å². The van der Waals surface area contributed by atoms with Crippen molar-refractivity contribution in [2.75, 3.05) is 13.1 Å². The summed E-state index contributed by atoms with van der Waals surface area (Å²) in [7, 11) is 0. The molecule has 1 aromatic carbocycles. The molecule has 114 valence electrons. The topological polar surface area (TPSA) is 29.5 Å². The van der Waals surface area contributed by atoms with E-state index in [1.54, 1.807) is 11.3 Å². The Kier molecular flexibility index (Phi) is 3.41. The van der Waals surface area contributed by atoms with Crippen molar-refractivity contribution in [1.29, 1.82) is 0 Å². The Morgan fingerprint density at radius 3 is 3.09 bits per heavy atom. The third kappa shape index (κ3) is 2.31. The highest BCUT2D eigenvalue weighted by Crippen LogP contribution is 2.42. The number of amides is 1. The predicted molar refractivity (Wildman–Crippen MR) is 88.4 cm³/mol. The highest BCUT2D eigenvalue weighted by molar-refractivity contribution is 7.17. The first-order valence-electron chi connectivity index (χ1n) is 7.86. The summed E-state index contributed by atoms with van der Waals surface area (Å²) in [5.41, 5.74) is 2.25. The normalized spacial score (nSPS) is 20.0. The van der Waals surface area contributed by atoms with Gasteiger partial charge < -0.3 is 9.64 Å². The summed E-state index contributed by atoms with van der Waals surface area (Å²) < 4.78 is 5.79. The maximum Gasteiger partial charge on any atom is 0.263 e. The van der Waals surface area contributed by atoms with E-state index in [2.05, 4.69) is 13.0 Å². The summed E-state index contributed by atoms with van der Waals surface area (Å²) in [6, 6.07) is 10.1. The Balaban J connectivity index is 1.66. The first-order valence-corrected chi connectivity index (χ1v) is 8.68. The third-order valence-electron chi connectivity index (χ3n) is 4.48. The number of likely N-dealkylation sites (tertiary alicyclic amines) is 1. The number of nitrogens with zero attached hydrogens (tertiary/aromatic N) is 1. The molecule has 4 rings (SSSR count). The average molecular weight is 313 g/mol. The number of piperidine rings is 1. The van der Waals surface area contributed by atoms with Crippen molar-refractivity contribution in [1.82, 2.24) is 4.90 Å². The first kappa shape index (κ1) is 13.8. The summed E-state index contributed by atoms with van der Waals surface area (Å²) in [4.78, 5) is 16.8. The van der Waals surface area contributed by atoms with Gasteiger partial charge in [-0.1, -0.05) is 19.1 Å². The molecule has 0 N–H and O–H groups in total. The van der Waals surface area contributed by atoms with Gasteiger partial charge >= 0.3 is 0 Å². The fraction of sp³-hybridized carbons (Fsp3) is 0.389. The van der Waals surface area contributed by atoms with E-state index in [1.807, 2.05) is 29.2 Å². The fourth-order valence-electron chi connectivity index (χ4n) is 3.33. The number of carbonyl (C=O) groups excluding carboxylic acids is 1. The number of rotatable bonds is 1. The number of fused-ring (bicyclic) bond motifs is 3. The number of hydrogen-bond donors (Lipinski definition) is 0. The largest absolute Gasteiger partial charge is 0.488 e. The zero-order valence-corrected chi connectivity index (χ0v) is 13.5. The summed E-state index contributed by atoms with van der Waals surface area (Å²) in [6.45, 7) is 4.56. The van der Waals surface area contributed by atoms with Crippen LogP contribution in [0.5, 0.6) is 5.75 Å². The summed E-state index contributed by atoms with van der Waals surface area (Å²) in [5, 5.41) is 0. The van der Waals surface area contributed by atoms with Gasteiger partial charge in [0.1, 0.15) is 12.4 Å². The lowest BCUT2D eigenvalue weighted by atomic mass is 10.00. The number of ether oxygens (including phenoxy) is 1. The van der Waals surface area contributed by atoms with Crippen LogP contribution >= 0.6 is 11.3 Å². The van der Waals surface area contributed by atoms with Crippen LogP contribution < -0.4 is 4.74 Å². The van der Waals surface area contributed by atoms with Gasteiger partial charge in [0.25, 0.3) is 5.91 Å². The molecule has 22 heavy (non-hydrogen) atoms.